The number of hydrogen-bond acceptors (Lipinski definition) is 5. The molecule has 19 heavy (non-hydrogen) atoms. The zero-order valence-electron chi connectivity index (χ0n) is 10.9. The second kappa shape index (κ2) is 5.90. The van der Waals surface area contributed by atoms with E-state index in [1.807, 2.05) is 0 Å². The van der Waals surface area contributed by atoms with Crippen molar-refractivity contribution in [1.29, 1.82) is 0 Å². The van der Waals surface area contributed by atoms with E-state index < -0.39 is 12.1 Å². The molecule has 1 aromatic rings. The summed E-state index contributed by atoms with van der Waals surface area (Å²) in [6.45, 7) is 0.526. The topological polar surface area (TPSA) is 77.0 Å². The maximum Gasteiger partial charge on any atom is 0.259 e. The number of benzene rings is 1. The first-order valence-electron chi connectivity index (χ1n) is 5.95. The molecular formula is C13H17NO5. The van der Waals surface area contributed by atoms with E-state index in [2.05, 4.69) is 5.32 Å². The molecule has 1 amide bonds. The molecular weight excluding hydrogens is 250 g/mol. The summed E-state index contributed by atoms with van der Waals surface area (Å²) in [7, 11) is 2.97. The molecule has 1 unspecified atom stereocenters. The minimum absolute atomic E-state index is 0.230. The Morgan fingerprint density at radius 1 is 1.32 bits per heavy atom. The Morgan fingerprint density at radius 3 is 2.42 bits per heavy atom. The van der Waals surface area contributed by atoms with Crippen molar-refractivity contribution in [2.45, 2.75) is 12.1 Å². The van der Waals surface area contributed by atoms with Crippen LogP contribution >= 0.6 is 0 Å². The average molecular weight is 267 g/mol. The van der Waals surface area contributed by atoms with Gasteiger partial charge in [-0.25, -0.2) is 0 Å². The predicted molar refractivity (Wildman–Crippen MR) is 67.6 cm³/mol. The highest BCUT2D eigenvalue weighted by molar-refractivity contribution is 6.00. The summed E-state index contributed by atoms with van der Waals surface area (Å²) in [4.78, 5) is 12.3. The largest absolute Gasteiger partial charge is 0.496 e. The smallest absolute Gasteiger partial charge is 0.259 e. The zero-order valence-corrected chi connectivity index (χ0v) is 10.9. The van der Waals surface area contributed by atoms with E-state index in [4.69, 9.17) is 14.2 Å². The Morgan fingerprint density at radius 2 is 1.95 bits per heavy atom. The molecule has 0 bridgehead atoms. The van der Waals surface area contributed by atoms with Crippen molar-refractivity contribution in [3.8, 4) is 11.5 Å². The Bertz CT molecular complexity index is 440. The summed E-state index contributed by atoms with van der Waals surface area (Å²) in [5.74, 6) is 0.486. The monoisotopic (exact) mass is 267 g/mol. The molecule has 0 radical (unpaired) electrons. The van der Waals surface area contributed by atoms with Crippen LogP contribution in [-0.2, 0) is 4.74 Å². The maximum absolute atomic E-state index is 12.3. The fourth-order valence-electron chi connectivity index (χ4n) is 2.00. The Kier molecular flexibility index (Phi) is 4.24. The predicted octanol–water partition coefficient (Wildman–Crippen LogP) is 0.193. The van der Waals surface area contributed by atoms with Gasteiger partial charge in [0.15, 0.2) is 0 Å². The number of methoxy groups -OCH3 is 2. The molecule has 1 fully saturated rings. The van der Waals surface area contributed by atoms with Crippen molar-refractivity contribution in [3.63, 3.8) is 0 Å². The van der Waals surface area contributed by atoms with Crippen molar-refractivity contribution in [2.75, 3.05) is 27.4 Å². The van der Waals surface area contributed by atoms with E-state index >= 15 is 0 Å². The van der Waals surface area contributed by atoms with Crippen LogP contribution in [0.2, 0.25) is 0 Å². The summed E-state index contributed by atoms with van der Waals surface area (Å²) in [5, 5.41) is 12.4. The van der Waals surface area contributed by atoms with Crippen LogP contribution in [0.3, 0.4) is 0 Å². The molecule has 2 N–H and O–H groups in total. The van der Waals surface area contributed by atoms with Crippen molar-refractivity contribution in [2.24, 2.45) is 0 Å². The Labute approximate surface area is 111 Å². The molecule has 6 heteroatoms. The fourth-order valence-corrected chi connectivity index (χ4v) is 2.00. The van der Waals surface area contributed by atoms with Gasteiger partial charge in [0.05, 0.1) is 39.6 Å². The van der Waals surface area contributed by atoms with Gasteiger partial charge in [0.2, 0.25) is 0 Å². The first-order valence-corrected chi connectivity index (χ1v) is 5.95. The van der Waals surface area contributed by atoms with E-state index in [0.717, 1.165) is 0 Å². The molecule has 2 atom stereocenters. The van der Waals surface area contributed by atoms with Crippen molar-refractivity contribution in [1.82, 2.24) is 5.32 Å². The maximum atomic E-state index is 12.3. The summed E-state index contributed by atoms with van der Waals surface area (Å²) in [6.07, 6.45) is -0.690. The van der Waals surface area contributed by atoms with E-state index in [1.165, 1.54) is 14.2 Å². The molecule has 1 aliphatic rings. The number of nitrogens with one attached hydrogen (secondary N) is 1. The van der Waals surface area contributed by atoms with Crippen LogP contribution in [0, 0.1) is 0 Å². The molecule has 1 saturated heterocycles. The zero-order chi connectivity index (χ0) is 13.8. The number of carbonyl (C=O) groups excluding carboxylic acids is 1. The van der Waals surface area contributed by atoms with Gasteiger partial charge in [-0.2, -0.15) is 0 Å². The van der Waals surface area contributed by atoms with Gasteiger partial charge in [0.25, 0.3) is 5.91 Å². The van der Waals surface area contributed by atoms with Crippen LogP contribution in [0.25, 0.3) is 0 Å². The summed E-state index contributed by atoms with van der Waals surface area (Å²) >= 11 is 0. The van der Waals surface area contributed by atoms with Gasteiger partial charge >= 0.3 is 0 Å². The van der Waals surface area contributed by atoms with Gasteiger partial charge in [-0.15, -0.1) is 0 Å². The van der Waals surface area contributed by atoms with Crippen LogP contribution in [0.1, 0.15) is 10.4 Å². The molecule has 1 aromatic carbocycles. The molecule has 0 aliphatic carbocycles. The van der Waals surface area contributed by atoms with E-state index in [-0.39, 0.29) is 12.5 Å². The molecule has 6 nitrogen and oxygen atoms in total. The summed E-state index contributed by atoms with van der Waals surface area (Å²) < 4.78 is 15.4. The van der Waals surface area contributed by atoms with Crippen LogP contribution in [0.15, 0.2) is 18.2 Å². The second-order valence-electron chi connectivity index (χ2n) is 4.22. The minimum Gasteiger partial charge on any atom is -0.496 e. The quantitative estimate of drug-likeness (QED) is 0.814. The van der Waals surface area contributed by atoms with Gasteiger partial charge in [0, 0.05) is 0 Å². The lowest BCUT2D eigenvalue weighted by molar-refractivity contribution is 0.0880. The van der Waals surface area contributed by atoms with Gasteiger partial charge in [-0.05, 0) is 12.1 Å². The second-order valence-corrected chi connectivity index (χ2v) is 4.22. The molecule has 0 spiro atoms. The standard InChI is InChI=1S/C13H17NO5/c1-17-10-4-3-5-11(18-2)12(10)13(16)14-8-6-19-7-9(8)15/h3-5,8-9,15H,6-7H2,1-2H3,(H,14,16)/t8?,9-/m1/s1. The molecule has 0 aromatic heterocycles. The van der Waals surface area contributed by atoms with Crippen LogP contribution in [0.4, 0.5) is 0 Å². The summed E-state index contributed by atoms with van der Waals surface area (Å²) in [5.41, 5.74) is 0.312. The molecule has 0 saturated carbocycles. The van der Waals surface area contributed by atoms with Crippen molar-refractivity contribution >= 4 is 5.91 Å². The van der Waals surface area contributed by atoms with Gasteiger partial charge in [0.1, 0.15) is 17.1 Å². The summed E-state index contributed by atoms with van der Waals surface area (Å²) in [6, 6.07) is 4.68. The number of rotatable bonds is 4. The third-order valence-corrected chi connectivity index (χ3v) is 3.02. The lowest BCUT2D eigenvalue weighted by atomic mass is 10.1. The first-order chi connectivity index (χ1) is 9.17. The SMILES string of the molecule is COc1cccc(OC)c1C(=O)NC1COC[C@H]1O. The van der Waals surface area contributed by atoms with E-state index in [1.54, 1.807) is 18.2 Å². The number of amides is 1. The van der Waals surface area contributed by atoms with Crippen molar-refractivity contribution in [3.05, 3.63) is 23.8 Å². The van der Waals surface area contributed by atoms with Crippen LogP contribution in [-0.4, -0.2) is 50.6 Å². The highest BCUT2D eigenvalue weighted by atomic mass is 16.5. The number of ether oxygens (including phenoxy) is 3. The number of carbonyl (C=O) groups is 1. The molecule has 1 heterocycles. The van der Waals surface area contributed by atoms with Gasteiger partial charge in [-0.1, -0.05) is 6.07 Å². The highest BCUT2D eigenvalue weighted by Gasteiger charge is 2.29. The lowest BCUT2D eigenvalue weighted by Crippen LogP contribution is -2.42. The average Bonchev–Trinajstić information content (AvgIpc) is 2.83. The number of hydrogen-bond donors (Lipinski definition) is 2. The molecule has 1 aliphatic heterocycles. The highest BCUT2D eigenvalue weighted by Crippen LogP contribution is 2.28. The van der Waals surface area contributed by atoms with Crippen LogP contribution < -0.4 is 14.8 Å². The van der Waals surface area contributed by atoms with Gasteiger partial charge < -0.3 is 24.6 Å². The van der Waals surface area contributed by atoms with Gasteiger partial charge in [-0.3, -0.25) is 4.79 Å². The number of aliphatic hydroxyl groups excluding tert-OH is 1. The Balaban J connectivity index is 2.22. The first kappa shape index (κ1) is 13.6. The molecule has 2 rings (SSSR count). The normalized spacial score (nSPS) is 22.1. The number of aliphatic hydroxyl groups is 1. The minimum atomic E-state index is -0.690. The van der Waals surface area contributed by atoms with Crippen LogP contribution in [0.5, 0.6) is 11.5 Å². The molecule has 104 valence electrons. The lowest BCUT2D eigenvalue weighted by Gasteiger charge is -2.17. The Hall–Kier alpha value is -1.79. The van der Waals surface area contributed by atoms with E-state index in [9.17, 15) is 9.90 Å². The third-order valence-electron chi connectivity index (χ3n) is 3.02. The van der Waals surface area contributed by atoms with Crippen molar-refractivity contribution < 1.29 is 24.1 Å². The fraction of sp³-hybridized carbons (Fsp3) is 0.462. The third kappa shape index (κ3) is 2.80. The van der Waals surface area contributed by atoms with E-state index in [0.29, 0.717) is 23.7 Å².